The lowest BCUT2D eigenvalue weighted by Crippen LogP contribution is -2.08. The minimum atomic E-state index is 0.0383. The maximum Gasteiger partial charge on any atom is 0.138 e. The van der Waals surface area contributed by atoms with E-state index >= 15 is 0 Å². The van der Waals surface area contributed by atoms with Crippen LogP contribution in [-0.4, -0.2) is 4.43 Å². The lowest BCUT2D eigenvalue weighted by molar-refractivity contribution is 0.206. The first kappa shape index (κ1) is 15.3. The molecule has 1 atom stereocenters. The van der Waals surface area contributed by atoms with Crippen molar-refractivity contribution in [2.75, 3.05) is 4.43 Å². The summed E-state index contributed by atoms with van der Waals surface area (Å²) in [4.78, 5) is 0.719. The maximum atomic E-state index is 9.09. The van der Waals surface area contributed by atoms with Crippen molar-refractivity contribution in [3.05, 3.63) is 65.0 Å². The molecule has 0 aliphatic heterocycles. The first-order valence-corrected chi connectivity index (χ1v) is 9.36. The summed E-state index contributed by atoms with van der Waals surface area (Å²) in [5.41, 5.74) is 1.19. The first-order valence-electron chi connectivity index (χ1n) is 7.02. The standard InChI is InChI=1S/C18H14INOS/c19-10-9-16(13-5-2-1-3-6-13)21-17-8-4-7-14-11-15(12-20)22-18(14)17/h1-8,11,16H,9-10H2/t16-/m1/s1. The third-order valence-corrected chi connectivity index (χ3v) is 5.12. The van der Waals surface area contributed by atoms with Crippen LogP contribution >= 0.6 is 33.9 Å². The van der Waals surface area contributed by atoms with Crippen LogP contribution in [0.15, 0.2) is 54.6 Å². The van der Waals surface area contributed by atoms with Crippen molar-refractivity contribution in [2.45, 2.75) is 12.5 Å². The Bertz CT molecular complexity index is 807. The molecule has 0 saturated heterocycles. The third kappa shape index (κ3) is 3.26. The molecular weight excluding hydrogens is 405 g/mol. The molecule has 4 heteroatoms. The molecule has 1 aromatic heterocycles. The summed E-state index contributed by atoms with van der Waals surface area (Å²) < 4.78 is 8.39. The zero-order chi connectivity index (χ0) is 15.4. The number of benzene rings is 2. The van der Waals surface area contributed by atoms with Gasteiger partial charge >= 0.3 is 0 Å². The summed E-state index contributed by atoms with van der Waals surface area (Å²) in [6.07, 6.45) is 0.994. The lowest BCUT2D eigenvalue weighted by atomic mass is 10.1. The van der Waals surface area contributed by atoms with Crippen molar-refractivity contribution < 1.29 is 4.74 Å². The molecule has 110 valence electrons. The van der Waals surface area contributed by atoms with E-state index in [1.54, 1.807) is 0 Å². The summed E-state index contributed by atoms with van der Waals surface area (Å²) >= 11 is 3.87. The van der Waals surface area contributed by atoms with Gasteiger partial charge in [0.25, 0.3) is 0 Å². The van der Waals surface area contributed by atoms with E-state index in [-0.39, 0.29) is 6.10 Å². The van der Waals surface area contributed by atoms with Crippen molar-refractivity contribution in [3.8, 4) is 11.8 Å². The molecular formula is C18H14INOS. The number of hydrogen-bond acceptors (Lipinski definition) is 3. The predicted octanol–water partition coefficient (Wildman–Crippen LogP) is 5.72. The van der Waals surface area contributed by atoms with Gasteiger partial charge in [-0.15, -0.1) is 11.3 Å². The molecule has 0 spiro atoms. The SMILES string of the molecule is N#Cc1cc2cccc(O[C@H](CCI)c3ccccc3)c2s1. The fraction of sp³-hybridized carbons (Fsp3) is 0.167. The quantitative estimate of drug-likeness (QED) is 0.392. The van der Waals surface area contributed by atoms with Crippen LogP contribution in [0.25, 0.3) is 10.1 Å². The Hall–Kier alpha value is -1.58. The molecule has 1 heterocycles. The number of thiophene rings is 1. The molecule has 2 nitrogen and oxygen atoms in total. The Balaban J connectivity index is 1.96. The van der Waals surface area contributed by atoms with Crippen LogP contribution in [0.5, 0.6) is 5.75 Å². The van der Waals surface area contributed by atoms with Gasteiger partial charge < -0.3 is 4.74 Å². The number of fused-ring (bicyclic) bond motifs is 1. The van der Waals surface area contributed by atoms with Crippen LogP contribution in [0.2, 0.25) is 0 Å². The fourth-order valence-corrected chi connectivity index (χ4v) is 3.88. The molecule has 0 bridgehead atoms. The van der Waals surface area contributed by atoms with E-state index in [2.05, 4.69) is 40.8 Å². The second-order valence-corrected chi connectivity index (χ2v) is 7.02. The summed E-state index contributed by atoms with van der Waals surface area (Å²) in [6, 6.07) is 20.4. The highest BCUT2D eigenvalue weighted by Gasteiger charge is 2.15. The molecule has 3 aromatic rings. The van der Waals surface area contributed by atoms with Gasteiger partial charge in [-0.1, -0.05) is 65.1 Å². The summed E-state index contributed by atoms with van der Waals surface area (Å²) in [7, 11) is 0. The van der Waals surface area contributed by atoms with Gasteiger partial charge in [0.2, 0.25) is 0 Å². The predicted molar refractivity (Wildman–Crippen MR) is 99.9 cm³/mol. The van der Waals surface area contributed by atoms with Crippen molar-refractivity contribution >= 4 is 44.0 Å². The van der Waals surface area contributed by atoms with Gasteiger partial charge in [-0.25, -0.2) is 0 Å². The maximum absolute atomic E-state index is 9.09. The highest BCUT2D eigenvalue weighted by atomic mass is 127. The second kappa shape index (κ2) is 7.12. The zero-order valence-electron chi connectivity index (χ0n) is 11.8. The topological polar surface area (TPSA) is 33.0 Å². The van der Waals surface area contributed by atoms with E-state index in [4.69, 9.17) is 10.00 Å². The van der Waals surface area contributed by atoms with Crippen molar-refractivity contribution in [2.24, 2.45) is 0 Å². The van der Waals surface area contributed by atoms with E-state index in [1.165, 1.54) is 16.9 Å². The number of rotatable bonds is 5. The van der Waals surface area contributed by atoms with E-state index in [1.807, 2.05) is 42.5 Å². The molecule has 2 aromatic carbocycles. The normalized spacial score (nSPS) is 12.0. The van der Waals surface area contributed by atoms with Gasteiger partial charge in [0.15, 0.2) is 0 Å². The summed E-state index contributed by atoms with van der Waals surface area (Å²) in [5, 5.41) is 10.2. The molecule has 0 fully saturated rings. The van der Waals surface area contributed by atoms with Crippen LogP contribution in [0.4, 0.5) is 0 Å². The highest BCUT2D eigenvalue weighted by molar-refractivity contribution is 14.1. The average molecular weight is 419 g/mol. The van der Waals surface area contributed by atoms with Crippen molar-refractivity contribution in [3.63, 3.8) is 0 Å². The van der Waals surface area contributed by atoms with Gasteiger partial charge in [-0.2, -0.15) is 5.26 Å². The fourth-order valence-electron chi connectivity index (χ4n) is 2.40. The number of hydrogen-bond donors (Lipinski definition) is 0. The van der Waals surface area contributed by atoms with Gasteiger partial charge in [-0.05, 0) is 29.5 Å². The van der Waals surface area contributed by atoms with E-state index in [0.717, 1.165) is 31.6 Å². The van der Waals surface area contributed by atoms with Crippen LogP contribution in [0, 0.1) is 11.3 Å². The zero-order valence-corrected chi connectivity index (χ0v) is 14.8. The van der Waals surface area contributed by atoms with Crippen molar-refractivity contribution in [1.29, 1.82) is 5.26 Å². The van der Waals surface area contributed by atoms with Gasteiger partial charge in [0.1, 0.15) is 22.8 Å². The van der Waals surface area contributed by atoms with Crippen LogP contribution in [0.1, 0.15) is 23.0 Å². The molecule has 0 N–H and O–H groups in total. The van der Waals surface area contributed by atoms with Gasteiger partial charge in [-0.3, -0.25) is 0 Å². The Labute approximate surface area is 147 Å². The Morgan fingerprint density at radius 2 is 1.95 bits per heavy atom. The smallest absolute Gasteiger partial charge is 0.138 e. The van der Waals surface area contributed by atoms with Gasteiger partial charge in [0, 0.05) is 4.43 Å². The van der Waals surface area contributed by atoms with Gasteiger partial charge in [0.05, 0.1) is 4.70 Å². The molecule has 3 rings (SSSR count). The van der Waals surface area contributed by atoms with E-state index < -0.39 is 0 Å². The summed E-state index contributed by atoms with van der Waals surface area (Å²) in [6.45, 7) is 0. The van der Waals surface area contributed by atoms with E-state index in [9.17, 15) is 0 Å². The molecule has 22 heavy (non-hydrogen) atoms. The Morgan fingerprint density at radius 3 is 2.68 bits per heavy atom. The lowest BCUT2D eigenvalue weighted by Gasteiger charge is -2.19. The molecule has 0 unspecified atom stereocenters. The Kier molecular flexibility index (Phi) is 4.96. The van der Waals surface area contributed by atoms with E-state index in [0.29, 0.717) is 0 Å². The average Bonchev–Trinajstić information content (AvgIpc) is 2.99. The first-order chi connectivity index (χ1) is 10.8. The molecule has 0 aliphatic rings. The summed E-state index contributed by atoms with van der Waals surface area (Å²) in [5.74, 6) is 0.864. The largest absolute Gasteiger partial charge is 0.484 e. The molecule has 0 radical (unpaired) electrons. The molecule has 0 amide bonds. The minimum absolute atomic E-state index is 0.0383. The molecule has 0 saturated carbocycles. The van der Waals surface area contributed by atoms with Crippen LogP contribution in [-0.2, 0) is 0 Å². The minimum Gasteiger partial charge on any atom is -0.484 e. The number of alkyl halides is 1. The van der Waals surface area contributed by atoms with Crippen LogP contribution < -0.4 is 4.74 Å². The number of nitrogens with zero attached hydrogens (tertiary/aromatic N) is 1. The van der Waals surface area contributed by atoms with Crippen molar-refractivity contribution in [1.82, 2.24) is 0 Å². The van der Waals surface area contributed by atoms with Crippen LogP contribution in [0.3, 0.4) is 0 Å². The Morgan fingerprint density at radius 1 is 1.14 bits per heavy atom. The monoisotopic (exact) mass is 419 g/mol. The molecule has 0 aliphatic carbocycles. The number of ether oxygens (including phenoxy) is 1. The number of halogens is 1. The third-order valence-electron chi connectivity index (χ3n) is 3.43. The second-order valence-electron chi connectivity index (χ2n) is 4.89. The number of nitriles is 1. The highest BCUT2D eigenvalue weighted by Crippen LogP contribution is 2.36.